The highest BCUT2D eigenvalue weighted by molar-refractivity contribution is 5.43. The first kappa shape index (κ1) is 12.6. The largest absolute Gasteiger partial charge is 0.490 e. The third-order valence-corrected chi connectivity index (χ3v) is 2.10. The Morgan fingerprint density at radius 2 is 2.12 bits per heavy atom. The van der Waals surface area contributed by atoms with Crippen LogP contribution in [0.25, 0.3) is 0 Å². The second kappa shape index (κ2) is 6.90. The molecule has 16 heavy (non-hydrogen) atoms. The maximum Gasteiger partial charge on any atom is 0.161 e. The minimum absolute atomic E-state index is 0.482. The lowest BCUT2D eigenvalue weighted by molar-refractivity contribution is 0.296. The highest BCUT2D eigenvalue weighted by Gasteiger charge is 2.05. The lowest BCUT2D eigenvalue weighted by Gasteiger charge is -2.12. The molecule has 2 N–H and O–H groups in total. The summed E-state index contributed by atoms with van der Waals surface area (Å²) in [7, 11) is 0. The van der Waals surface area contributed by atoms with Crippen LogP contribution in [0.15, 0.2) is 30.9 Å². The maximum atomic E-state index is 5.52. The molecule has 88 valence electrons. The number of benzene rings is 1. The summed E-state index contributed by atoms with van der Waals surface area (Å²) in [6.07, 6.45) is 2.56. The van der Waals surface area contributed by atoms with Gasteiger partial charge >= 0.3 is 0 Å². The van der Waals surface area contributed by atoms with Crippen molar-refractivity contribution in [2.45, 2.75) is 13.3 Å². The maximum absolute atomic E-state index is 5.52. The van der Waals surface area contributed by atoms with Gasteiger partial charge in [-0.1, -0.05) is 18.7 Å². The fourth-order valence-corrected chi connectivity index (χ4v) is 1.41. The van der Waals surface area contributed by atoms with E-state index >= 15 is 0 Å². The first-order valence-corrected chi connectivity index (χ1v) is 5.51. The van der Waals surface area contributed by atoms with Crippen LogP contribution < -0.4 is 15.2 Å². The SMILES string of the molecule is C=CCOc1ccc(CCN)cc1OCC. The van der Waals surface area contributed by atoms with Crippen LogP contribution in [0, 0.1) is 0 Å². The molecule has 0 saturated heterocycles. The lowest BCUT2D eigenvalue weighted by Crippen LogP contribution is -2.04. The molecule has 0 spiro atoms. The molecule has 1 aromatic carbocycles. The predicted octanol–water partition coefficient (Wildman–Crippen LogP) is 2.15. The van der Waals surface area contributed by atoms with Crippen molar-refractivity contribution in [1.82, 2.24) is 0 Å². The third kappa shape index (κ3) is 3.59. The lowest BCUT2D eigenvalue weighted by atomic mass is 10.1. The third-order valence-electron chi connectivity index (χ3n) is 2.10. The Labute approximate surface area is 96.9 Å². The Balaban J connectivity index is 2.84. The van der Waals surface area contributed by atoms with E-state index in [0.717, 1.165) is 23.5 Å². The standard InChI is InChI=1S/C13H19NO2/c1-3-9-16-12-6-5-11(7-8-14)10-13(12)15-4-2/h3,5-6,10H,1,4,7-9,14H2,2H3. The van der Waals surface area contributed by atoms with E-state index in [-0.39, 0.29) is 0 Å². The molecule has 1 rings (SSSR count). The number of ether oxygens (including phenoxy) is 2. The summed E-state index contributed by atoms with van der Waals surface area (Å²) in [5.74, 6) is 1.53. The van der Waals surface area contributed by atoms with Gasteiger partial charge in [0.05, 0.1) is 6.61 Å². The van der Waals surface area contributed by atoms with Crippen molar-refractivity contribution in [2.24, 2.45) is 5.73 Å². The van der Waals surface area contributed by atoms with Gasteiger partial charge < -0.3 is 15.2 Å². The van der Waals surface area contributed by atoms with Crippen molar-refractivity contribution >= 4 is 0 Å². The number of hydrogen-bond donors (Lipinski definition) is 1. The molecule has 0 unspecified atom stereocenters. The Morgan fingerprint density at radius 1 is 1.31 bits per heavy atom. The molecule has 0 aliphatic carbocycles. The van der Waals surface area contributed by atoms with Crippen LogP contribution in [0.4, 0.5) is 0 Å². The first-order valence-electron chi connectivity index (χ1n) is 5.51. The van der Waals surface area contributed by atoms with Gasteiger partial charge in [-0.2, -0.15) is 0 Å². The highest BCUT2D eigenvalue weighted by Crippen LogP contribution is 2.28. The second-order valence-corrected chi connectivity index (χ2v) is 3.35. The predicted molar refractivity (Wildman–Crippen MR) is 66.1 cm³/mol. The van der Waals surface area contributed by atoms with Crippen molar-refractivity contribution < 1.29 is 9.47 Å². The van der Waals surface area contributed by atoms with E-state index in [9.17, 15) is 0 Å². The van der Waals surface area contributed by atoms with Crippen molar-refractivity contribution in [2.75, 3.05) is 19.8 Å². The van der Waals surface area contributed by atoms with Crippen LogP contribution in [0.5, 0.6) is 11.5 Å². The van der Waals surface area contributed by atoms with Gasteiger partial charge in [0, 0.05) is 0 Å². The van der Waals surface area contributed by atoms with Crippen LogP contribution in [0.1, 0.15) is 12.5 Å². The smallest absolute Gasteiger partial charge is 0.161 e. The monoisotopic (exact) mass is 221 g/mol. The summed E-state index contributed by atoms with van der Waals surface area (Å²) in [6.45, 7) is 7.31. The van der Waals surface area contributed by atoms with Gasteiger partial charge in [-0.15, -0.1) is 0 Å². The molecule has 3 heteroatoms. The van der Waals surface area contributed by atoms with Crippen LogP contribution >= 0.6 is 0 Å². The zero-order chi connectivity index (χ0) is 11.8. The van der Waals surface area contributed by atoms with E-state index in [4.69, 9.17) is 15.2 Å². The summed E-state index contributed by atoms with van der Waals surface area (Å²) in [5.41, 5.74) is 6.68. The average Bonchev–Trinajstić information content (AvgIpc) is 2.29. The topological polar surface area (TPSA) is 44.5 Å². The number of hydrogen-bond acceptors (Lipinski definition) is 3. The molecule has 0 saturated carbocycles. The Kier molecular flexibility index (Phi) is 5.43. The van der Waals surface area contributed by atoms with Gasteiger partial charge in [0.15, 0.2) is 11.5 Å². The zero-order valence-corrected chi connectivity index (χ0v) is 9.74. The molecule has 0 fully saturated rings. The molecule has 0 aliphatic rings. The summed E-state index contributed by atoms with van der Waals surface area (Å²) in [4.78, 5) is 0. The van der Waals surface area contributed by atoms with Gasteiger partial charge in [-0.05, 0) is 37.6 Å². The van der Waals surface area contributed by atoms with E-state index in [1.165, 1.54) is 0 Å². The Bertz CT molecular complexity index is 337. The molecular weight excluding hydrogens is 202 g/mol. The van der Waals surface area contributed by atoms with Gasteiger partial charge in [0.1, 0.15) is 6.61 Å². The van der Waals surface area contributed by atoms with Gasteiger partial charge in [0.25, 0.3) is 0 Å². The number of rotatable bonds is 7. The first-order chi connectivity index (χ1) is 7.81. The van der Waals surface area contributed by atoms with E-state index < -0.39 is 0 Å². The van der Waals surface area contributed by atoms with Crippen LogP contribution in [0.2, 0.25) is 0 Å². The fraction of sp³-hybridized carbons (Fsp3) is 0.385. The normalized spacial score (nSPS) is 9.88. The van der Waals surface area contributed by atoms with E-state index in [2.05, 4.69) is 6.58 Å². The van der Waals surface area contributed by atoms with Crippen molar-refractivity contribution in [3.05, 3.63) is 36.4 Å². The quantitative estimate of drug-likeness (QED) is 0.717. The Hall–Kier alpha value is -1.48. The van der Waals surface area contributed by atoms with Gasteiger partial charge in [0.2, 0.25) is 0 Å². The molecule has 0 bridgehead atoms. The molecular formula is C13H19NO2. The summed E-state index contributed by atoms with van der Waals surface area (Å²) < 4.78 is 11.0. The minimum atomic E-state index is 0.482. The van der Waals surface area contributed by atoms with Crippen molar-refractivity contribution in [3.63, 3.8) is 0 Å². The molecule has 0 radical (unpaired) electrons. The molecule has 0 aliphatic heterocycles. The van der Waals surface area contributed by atoms with E-state index in [0.29, 0.717) is 19.8 Å². The van der Waals surface area contributed by atoms with E-state index in [1.54, 1.807) is 6.08 Å². The molecule has 3 nitrogen and oxygen atoms in total. The summed E-state index contributed by atoms with van der Waals surface area (Å²) in [5, 5.41) is 0. The second-order valence-electron chi connectivity index (χ2n) is 3.35. The molecule has 0 aromatic heterocycles. The molecule has 0 atom stereocenters. The summed E-state index contributed by atoms with van der Waals surface area (Å²) in [6, 6.07) is 5.90. The average molecular weight is 221 g/mol. The van der Waals surface area contributed by atoms with E-state index in [1.807, 2.05) is 25.1 Å². The summed E-state index contributed by atoms with van der Waals surface area (Å²) >= 11 is 0. The van der Waals surface area contributed by atoms with Crippen LogP contribution in [0.3, 0.4) is 0 Å². The van der Waals surface area contributed by atoms with Gasteiger partial charge in [-0.25, -0.2) is 0 Å². The minimum Gasteiger partial charge on any atom is -0.490 e. The fourth-order valence-electron chi connectivity index (χ4n) is 1.41. The van der Waals surface area contributed by atoms with Crippen molar-refractivity contribution in [3.8, 4) is 11.5 Å². The number of nitrogens with two attached hydrogens (primary N) is 1. The molecule has 0 amide bonds. The zero-order valence-electron chi connectivity index (χ0n) is 9.74. The van der Waals surface area contributed by atoms with Crippen LogP contribution in [-0.4, -0.2) is 19.8 Å². The van der Waals surface area contributed by atoms with Crippen LogP contribution in [-0.2, 0) is 6.42 Å². The molecule has 1 aromatic rings. The highest BCUT2D eigenvalue weighted by atomic mass is 16.5. The Morgan fingerprint density at radius 3 is 2.75 bits per heavy atom. The van der Waals surface area contributed by atoms with Crippen molar-refractivity contribution in [1.29, 1.82) is 0 Å². The van der Waals surface area contributed by atoms with Gasteiger partial charge in [-0.3, -0.25) is 0 Å². The molecule has 0 heterocycles.